The number of aromatic nitrogens is 5. The molecule has 6 aliphatic rings. The largest absolute Gasteiger partial charge is 0.327 e. The zero-order valence-corrected chi connectivity index (χ0v) is 48.2. The van der Waals surface area contributed by atoms with Crippen molar-refractivity contribution in [1.82, 2.24) is 55.6 Å². The van der Waals surface area contributed by atoms with E-state index in [9.17, 15) is 0 Å². The lowest BCUT2D eigenvalue weighted by molar-refractivity contribution is 0.166. The average Bonchev–Trinajstić information content (AvgIpc) is 3.67. The number of fused-ring (bicyclic) bond motifs is 6. The van der Waals surface area contributed by atoms with Gasteiger partial charge in [0, 0.05) is 164 Å². The summed E-state index contributed by atoms with van der Waals surface area (Å²) in [5, 5.41) is 11.8. The van der Waals surface area contributed by atoms with E-state index in [2.05, 4.69) is 153 Å². The highest BCUT2D eigenvalue weighted by Crippen LogP contribution is 2.45. The summed E-state index contributed by atoms with van der Waals surface area (Å²) < 4.78 is 0. The van der Waals surface area contributed by atoms with Gasteiger partial charge in [-0.2, -0.15) is 0 Å². The van der Waals surface area contributed by atoms with Crippen LogP contribution in [0.15, 0.2) is 140 Å². The van der Waals surface area contributed by atoms with Crippen molar-refractivity contribution >= 4 is 0 Å². The van der Waals surface area contributed by atoms with Gasteiger partial charge < -0.3 is 33.2 Å². The SMILES string of the molecule is C/C(=C/CN(C[C@H]1Cc2ccccc2CN1)[C@H]1CCC(c2cnc3c(c2)CN[C@@H](CN(C/C=C\CN)[C@H]2CCC(c4cnc5c(c4)CN[C@H](CN(C/C=C\CN)[C@H]4CCCc6cccnc64)C5)c4cccnc42)C3)c2cccnc21)CN. The number of pyridine rings is 5. The van der Waals surface area contributed by atoms with Gasteiger partial charge >= 0.3 is 0 Å². The molecule has 14 nitrogen and oxygen atoms in total. The second kappa shape index (κ2) is 26.6. The summed E-state index contributed by atoms with van der Waals surface area (Å²) in [4.78, 5) is 33.8. The predicted molar refractivity (Wildman–Crippen MR) is 328 cm³/mol. The first-order valence-electron chi connectivity index (χ1n) is 30.7. The van der Waals surface area contributed by atoms with E-state index >= 15 is 0 Å². The molecule has 2 unspecified atom stereocenters. The molecule has 8 atom stereocenters. The fourth-order valence-corrected chi connectivity index (χ4v) is 14.6. The molecule has 5 aromatic heterocycles. The van der Waals surface area contributed by atoms with Crippen molar-refractivity contribution in [1.29, 1.82) is 0 Å². The van der Waals surface area contributed by atoms with Crippen LogP contribution in [0.25, 0.3) is 0 Å². The lowest BCUT2D eigenvalue weighted by Gasteiger charge is -2.40. The summed E-state index contributed by atoms with van der Waals surface area (Å²) in [6.07, 6.45) is 31.6. The Morgan fingerprint density at radius 1 is 0.512 bits per heavy atom. The molecule has 8 heterocycles. The first kappa shape index (κ1) is 56.3. The summed E-state index contributed by atoms with van der Waals surface area (Å²) >= 11 is 0. The maximum Gasteiger partial charge on any atom is 0.0613 e. The van der Waals surface area contributed by atoms with Crippen LogP contribution in [0.3, 0.4) is 0 Å². The maximum absolute atomic E-state index is 6.11. The van der Waals surface area contributed by atoms with Crippen LogP contribution in [0.4, 0.5) is 0 Å². The van der Waals surface area contributed by atoms with Crippen LogP contribution in [-0.2, 0) is 45.3 Å². The number of aryl methyl sites for hydroxylation is 1. The highest BCUT2D eigenvalue weighted by atomic mass is 15.2. The first-order valence-corrected chi connectivity index (χ1v) is 30.7. The Hall–Kier alpha value is -6.17. The van der Waals surface area contributed by atoms with E-state index in [1.807, 2.05) is 18.6 Å². The molecule has 0 saturated carbocycles. The summed E-state index contributed by atoms with van der Waals surface area (Å²) in [5.41, 5.74) is 37.4. The van der Waals surface area contributed by atoms with Crippen molar-refractivity contribution in [2.75, 3.05) is 58.9 Å². The molecule has 3 aliphatic heterocycles. The zero-order valence-electron chi connectivity index (χ0n) is 48.2. The average molecular weight is 1100 g/mol. The van der Waals surface area contributed by atoms with Gasteiger partial charge in [-0.15, -0.1) is 0 Å². The Kier molecular flexibility index (Phi) is 18.3. The van der Waals surface area contributed by atoms with Gasteiger partial charge in [0.05, 0.1) is 35.2 Å². The Morgan fingerprint density at radius 2 is 1.00 bits per heavy atom. The first-order chi connectivity index (χ1) is 40.4. The smallest absolute Gasteiger partial charge is 0.0613 e. The maximum atomic E-state index is 6.11. The van der Waals surface area contributed by atoms with Crippen LogP contribution in [0.5, 0.6) is 0 Å². The van der Waals surface area contributed by atoms with Crippen molar-refractivity contribution in [2.45, 2.75) is 139 Å². The Labute approximate surface area is 486 Å². The number of nitrogens with two attached hydrogens (primary N) is 3. The van der Waals surface area contributed by atoms with Gasteiger partial charge in [0.25, 0.3) is 0 Å². The topological polar surface area (TPSA) is 188 Å². The molecule has 428 valence electrons. The number of hydrogen-bond donors (Lipinski definition) is 6. The second-order valence-electron chi connectivity index (χ2n) is 24.1. The monoisotopic (exact) mass is 1100 g/mol. The van der Waals surface area contributed by atoms with Crippen molar-refractivity contribution in [3.05, 3.63) is 218 Å². The molecule has 0 amide bonds. The van der Waals surface area contributed by atoms with Gasteiger partial charge in [0.2, 0.25) is 0 Å². The lowest BCUT2D eigenvalue weighted by atomic mass is 9.78. The summed E-state index contributed by atoms with van der Waals surface area (Å²) in [7, 11) is 0. The second-order valence-corrected chi connectivity index (χ2v) is 24.1. The Morgan fingerprint density at radius 3 is 1.56 bits per heavy atom. The Balaban J connectivity index is 0.716. The number of hydrogen-bond acceptors (Lipinski definition) is 14. The molecule has 12 rings (SSSR count). The molecule has 0 bridgehead atoms. The molecule has 0 saturated heterocycles. The minimum Gasteiger partial charge on any atom is -0.327 e. The number of rotatable bonds is 20. The quantitative estimate of drug-likeness (QED) is 0.0404. The van der Waals surface area contributed by atoms with Gasteiger partial charge in [0.1, 0.15) is 0 Å². The third kappa shape index (κ3) is 12.7. The molecule has 1 aromatic carbocycles. The number of benzene rings is 1. The van der Waals surface area contributed by atoms with E-state index in [-0.39, 0.29) is 30.0 Å². The van der Waals surface area contributed by atoms with Crippen LogP contribution < -0.4 is 33.2 Å². The summed E-state index contributed by atoms with van der Waals surface area (Å²) in [6, 6.07) is 28.6. The van der Waals surface area contributed by atoms with Crippen LogP contribution in [0.2, 0.25) is 0 Å². The third-order valence-electron chi connectivity index (χ3n) is 18.9. The minimum absolute atomic E-state index is 0.173. The molecular weight excluding hydrogens is 1010 g/mol. The van der Waals surface area contributed by atoms with Crippen LogP contribution >= 0.6 is 0 Å². The van der Waals surface area contributed by atoms with E-state index in [0.717, 1.165) is 117 Å². The van der Waals surface area contributed by atoms with Gasteiger partial charge in [-0.25, -0.2) is 0 Å². The van der Waals surface area contributed by atoms with Gasteiger partial charge in [0.15, 0.2) is 0 Å². The zero-order chi connectivity index (χ0) is 55.8. The molecule has 6 aromatic rings. The van der Waals surface area contributed by atoms with Crippen LogP contribution in [0, 0.1) is 0 Å². The van der Waals surface area contributed by atoms with E-state index < -0.39 is 0 Å². The molecule has 0 fully saturated rings. The predicted octanol–water partition coefficient (Wildman–Crippen LogP) is 7.96. The van der Waals surface area contributed by atoms with Crippen molar-refractivity contribution in [3.63, 3.8) is 0 Å². The van der Waals surface area contributed by atoms with Crippen LogP contribution in [-0.4, -0.2) is 117 Å². The normalized spacial score (nSPS) is 24.3. The fraction of sp³-hybridized carbons (Fsp3) is 0.456. The van der Waals surface area contributed by atoms with E-state index in [1.54, 1.807) is 0 Å². The summed E-state index contributed by atoms with van der Waals surface area (Å²) in [6.45, 7) is 11.6. The van der Waals surface area contributed by atoms with E-state index in [4.69, 9.17) is 42.1 Å². The van der Waals surface area contributed by atoms with Crippen molar-refractivity contribution in [2.24, 2.45) is 17.2 Å². The molecule has 0 spiro atoms. The lowest BCUT2D eigenvalue weighted by Crippen LogP contribution is -2.47. The standard InChI is InChI=1S/C68H86N14/c1-46(37-71)23-31-82(43-54-34-48-12-2-3-13-49(48)38-75-54)65-22-20-58(60-17-11-28-74-68(60)65)51-33-53-42-77-56(36-62(53)79-40-51)45-81(30-7-5-25-70)64-21-19-57(59-16-10-27-73-67(59)64)50-32-52-41-76-55(35-61(52)78-39-50)44-80(29-6-4-24-69)63-18-8-14-47-15-9-26-72-66(47)63/h2-7,9-13,15-17,23,26-28,32-33,39-40,54-58,63-65,75-77H,8,14,18-22,24-25,29-31,34-38,41-45,69-71H2,1H3/b6-4-,7-5-,46-23-/t54-,55+,56-,57?,58?,63+,64+,65+/m1/s1. The van der Waals surface area contributed by atoms with E-state index in [1.165, 1.54) is 90.5 Å². The van der Waals surface area contributed by atoms with Gasteiger partial charge in [-0.1, -0.05) is 90.6 Å². The minimum atomic E-state index is 0.173. The molecule has 14 heteroatoms. The van der Waals surface area contributed by atoms with Gasteiger partial charge in [-0.3, -0.25) is 39.6 Å². The number of nitrogens with zero attached hydrogens (tertiary/aromatic N) is 8. The van der Waals surface area contributed by atoms with Gasteiger partial charge in [-0.05, 0) is 127 Å². The Bertz CT molecular complexity index is 3230. The molecule has 82 heavy (non-hydrogen) atoms. The van der Waals surface area contributed by atoms with Crippen molar-refractivity contribution < 1.29 is 0 Å². The third-order valence-corrected chi connectivity index (χ3v) is 18.9. The number of nitrogens with one attached hydrogen (secondary N) is 3. The summed E-state index contributed by atoms with van der Waals surface area (Å²) in [5.74, 6) is 0.475. The highest BCUT2D eigenvalue weighted by molar-refractivity contribution is 5.43. The van der Waals surface area contributed by atoms with Crippen LogP contribution in [0.1, 0.15) is 154 Å². The highest BCUT2D eigenvalue weighted by Gasteiger charge is 2.38. The van der Waals surface area contributed by atoms with Crippen molar-refractivity contribution in [3.8, 4) is 0 Å². The fourth-order valence-electron chi connectivity index (χ4n) is 14.6. The molecule has 0 radical (unpaired) electrons. The molecular formula is C68H86N14. The molecule has 3 aliphatic carbocycles. The molecule has 9 N–H and O–H groups in total. The van der Waals surface area contributed by atoms with E-state index in [0.29, 0.717) is 37.8 Å².